The zero-order valence-electron chi connectivity index (χ0n) is 10.3. The molecule has 0 aromatic heterocycles. The van der Waals surface area contributed by atoms with Crippen LogP contribution >= 0.6 is 0 Å². The van der Waals surface area contributed by atoms with Gasteiger partial charge in [-0.15, -0.1) is 0 Å². The Hall–Kier alpha value is -1.18. The molecule has 1 aliphatic carbocycles. The van der Waals surface area contributed by atoms with Crippen molar-refractivity contribution in [1.29, 1.82) is 0 Å². The fourth-order valence-corrected chi connectivity index (χ4v) is 3.02. The number of carboxylic acid groups (broad SMARTS) is 2. The van der Waals surface area contributed by atoms with Gasteiger partial charge in [0.05, 0.1) is 11.8 Å². The molecule has 1 rings (SSSR count). The zero-order chi connectivity index (χ0) is 13.7. The lowest BCUT2D eigenvalue weighted by Crippen LogP contribution is -2.34. The number of methoxy groups -OCH3 is 2. The second kappa shape index (κ2) is 6.67. The molecule has 0 aromatic rings. The molecule has 0 heterocycles. The van der Waals surface area contributed by atoms with Crippen molar-refractivity contribution >= 4 is 21.5 Å². The van der Waals surface area contributed by atoms with E-state index in [1.54, 1.807) is 6.08 Å². The second-order valence-corrected chi connectivity index (χ2v) is 5.41. The van der Waals surface area contributed by atoms with Crippen molar-refractivity contribution in [2.45, 2.75) is 18.8 Å². The Kier molecular flexibility index (Phi) is 5.51. The van der Waals surface area contributed by atoms with Crippen molar-refractivity contribution < 1.29 is 29.3 Å². The summed E-state index contributed by atoms with van der Waals surface area (Å²) in [6, 6.07) is 0. The summed E-state index contributed by atoms with van der Waals surface area (Å²) < 4.78 is 10.1. The van der Waals surface area contributed by atoms with Crippen LogP contribution < -0.4 is 0 Å². The Balaban J connectivity index is 2.75. The fourth-order valence-electron chi connectivity index (χ4n) is 1.91. The van der Waals surface area contributed by atoms with Gasteiger partial charge in [0.1, 0.15) is 5.91 Å². The summed E-state index contributed by atoms with van der Waals surface area (Å²) in [4.78, 5) is 22.1. The maximum Gasteiger partial charge on any atom is 0.307 e. The third-order valence-corrected chi connectivity index (χ3v) is 4.40. The molecule has 7 heteroatoms. The van der Waals surface area contributed by atoms with Crippen LogP contribution in [0.5, 0.6) is 0 Å². The fraction of sp³-hybridized carbons (Fsp3) is 0.636. The third-order valence-electron chi connectivity index (χ3n) is 2.91. The van der Waals surface area contributed by atoms with E-state index in [0.29, 0.717) is 0 Å². The molecule has 2 unspecified atom stereocenters. The highest BCUT2D eigenvalue weighted by molar-refractivity contribution is 6.46. The van der Waals surface area contributed by atoms with Gasteiger partial charge in [0.25, 0.3) is 0 Å². The number of aliphatic carboxylic acids is 2. The number of rotatable bonds is 6. The van der Waals surface area contributed by atoms with Gasteiger partial charge >= 0.3 is 11.9 Å². The van der Waals surface area contributed by atoms with Gasteiger partial charge < -0.3 is 19.7 Å². The minimum atomic E-state index is -1.07. The van der Waals surface area contributed by atoms with E-state index in [1.807, 2.05) is 0 Å². The highest BCUT2D eigenvalue weighted by Gasteiger charge is 2.36. The summed E-state index contributed by atoms with van der Waals surface area (Å²) in [5.41, 5.74) is 0. The maximum absolute atomic E-state index is 11.1. The van der Waals surface area contributed by atoms with Crippen LogP contribution in [0.2, 0.25) is 0 Å². The quantitative estimate of drug-likeness (QED) is 0.535. The average Bonchev–Trinajstić information content (AvgIpc) is 2.35. The molecule has 0 bridgehead atoms. The third kappa shape index (κ3) is 3.66. The van der Waals surface area contributed by atoms with Crippen LogP contribution in [0.3, 0.4) is 0 Å². The number of allylic oxidation sites excluding steroid dienone is 2. The molecule has 0 saturated heterocycles. The van der Waals surface area contributed by atoms with Crippen LogP contribution in [0.1, 0.15) is 12.8 Å². The summed E-state index contributed by atoms with van der Waals surface area (Å²) in [7, 11) is 3.22. The van der Waals surface area contributed by atoms with Gasteiger partial charge in [0, 0.05) is 14.2 Å². The molecule has 0 fully saturated rings. The molecular weight excluding hydrogens is 256 g/mol. The largest absolute Gasteiger partial charge is 0.481 e. The summed E-state index contributed by atoms with van der Waals surface area (Å²) in [5.74, 6) is -4.24. The van der Waals surface area contributed by atoms with Crippen LogP contribution in [0.4, 0.5) is 0 Å². The summed E-state index contributed by atoms with van der Waals surface area (Å²) in [6.07, 6.45) is 2.28. The first kappa shape index (κ1) is 14.9. The lowest BCUT2D eigenvalue weighted by Gasteiger charge is -2.26. The smallest absolute Gasteiger partial charge is 0.307 e. The van der Waals surface area contributed by atoms with Gasteiger partial charge in [0.15, 0.2) is 9.52 Å². The molecule has 0 aromatic carbocycles. The van der Waals surface area contributed by atoms with Gasteiger partial charge in [-0.3, -0.25) is 9.59 Å². The molecule has 0 spiro atoms. The Morgan fingerprint density at radius 1 is 1.28 bits per heavy atom. The predicted molar refractivity (Wildman–Crippen MR) is 63.1 cm³/mol. The van der Waals surface area contributed by atoms with Crippen LogP contribution in [-0.4, -0.2) is 51.8 Å². The predicted octanol–water partition coefficient (Wildman–Crippen LogP) is 0.346. The molecule has 2 N–H and O–H groups in total. The topological polar surface area (TPSA) is 93.1 Å². The molecule has 0 amide bonds. The average molecular weight is 272 g/mol. The minimum absolute atomic E-state index is 0.195. The Morgan fingerprint density at radius 3 is 2.28 bits per heavy atom. The summed E-state index contributed by atoms with van der Waals surface area (Å²) >= 11 is 0. The zero-order valence-corrected chi connectivity index (χ0v) is 11.3. The van der Waals surface area contributed by atoms with E-state index in [1.165, 1.54) is 14.2 Å². The summed E-state index contributed by atoms with van der Waals surface area (Å²) in [5, 5.41) is 18.9. The van der Waals surface area contributed by atoms with Gasteiger partial charge in [-0.05, 0) is 12.8 Å². The first-order valence-electron chi connectivity index (χ1n) is 5.46. The molecule has 2 radical (unpaired) electrons. The Morgan fingerprint density at radius 2 is 1.83 bits per heavy atom. The van der Waals surface area contributed by atoms with Crippen molar-refractivity contribution in [3.63, 3.8) is 0 Å². The molecular formula is C11H16O6Si. The van der Waals surface area contributed by atoms with Crippen molar-refractivity contribution in [2.24, 2.45) is 11.8 Å². The minimum Gasteiger partial charge on any atom is -0.481 e. The molecule has 0 aliphatic heterocycles. The number of carbonyl (C=O) groups is 2. The molecule has 2 atom stereocenters. The van der Waals surface area contributed by atoms with Gasteiger partial charge in [-0.25, -0.2) is 0 Å². The lowest BCUT2D eigenvalue weighted by atomic mass is 9.83. The number of ether oxygens (including phenoxy) is 2. The highest BCUT2D eigenvalue weighted by atomic mass is 28.2. The van der Waals surface area contributed by atoms with E-state index in [2.05, 4.69) is 0 Å². The Bertz CT molecular complexity index is 349. The normalized spacial score (nSPS) is 23.8. The first-order valence-corrected chi connectivity index (χ1v) is 6.54. The Labute approximate surface area is 107 Å². The van der Waals surface area contributed by atoms with Gasteiger partial charge in [0.2, 0.25) is 0 Å². The molecule has 0 saturated carbocycles. The van der Waals surface area contributed by atoms with E-state index in [-0.39, 0.29) is 22.4 Å². The lowest BCUT2D eigenvalue weighted by molar-refractivity contribution is -0.153. The van der Waals surface area contributed by atoms with E-state index in [9.17, 15) is 9.59 Å². The standard InChI is InChI=1S/C11H16O6Si/c1-16-11(17-2)18-6-3-4-7(9(12)13)8(5-6)10(14)15/h3,7-8,11H,4-5H2,1-2H3,(H,12,13)(H,14,15). The van der Waals surface area contributed by atoms with Gasteiger partial charge in [-0.2, -0.15) is 0 Å². The number of hydrogen-bond donors (Lipinski definition) is 2. The van der Waals surface area contributed by atoms with Crippen LogP contribution in [0.15, 0.2) is 11.3 Å². The van der Waals surface area contributed by atoms with E-state index in [0.717, 1.165) is 5.20 Å². The van der Waals surface area contributed by atoms with Crippen LogP contribution in [-0.2, 0) is 19.1 Å². The van der Waals surface area contributed by atoms with E-state index in [4.69, 9.17) is 19.7 Å². The van der Waals surface area contributed by atoms with Gasteiger partial charge in [-0.1, -0.05) is 11.3 Å². The molecule has 18 heavy (non-hydrogen) atoms. The highest BCUT2D eigenvalue weighted by Crippen LogP contribution is 2.30. The summed E-state index contributed by atoms with van der Waals surface area (Å²) in [6.45, 7) is 0. The van der Waals surface area contributed by atoms with E-state index >= 15 is 0 Å². The number of carboxylic acids is 2. The second-order valence-electron chi connectivity index (χ2n) is 4.01. The van der Waals surface area contributed by atoms with E-state index < -0.39 is 29.7 Å². The van der Waals surface area contributed by atoms with Crippen LogP contribution in [0.25, 0.3) is 0 Å². The van der Waals surface area contributed by atoms with Crippen molar-refractivity contribution in [3.8, 4) is 0 Å². The van der Waals surface area contributed by atoms with Crippen LogP contribution in [0, 0.1) is 11.8 Å². The monoisotopic (exact) mass is 272 g/mol. The number of hydrogen-bond acceptors (Lipinski definition) is 4. The van der Waals surface area contributed by atoms with Crippen molar-refractivity contribution in [2.75, 3.05) is 14.2 Å². The van der Waals surface area contributed by atoms with Crippen molar-refractivity contribution in [1.82, 2.24) is 0 Å². The maximum atomic E-state index is 11.1. The molecule has 1 aliphatic rings. The molecule has 6 nitrogen and oxygen atoms in total. The first-order chi connectivity index (χ1) is 8.49. The van der Waals surface area contributed by atoms with Crippen molar-refractivity contribution in [3.05, 3.63) is 11.3 Å². The molecule has 100 valence electrons. The SMILES string of the molecule is COC(OC)[Si]C1=CCC(C(=O)O)C(C(=O)O)C1.